The van der Waals surface area contributed by atoms with Gasteiger partial charge >= 0.3 is 0 Å². The van der Waals surface area contributed by atoms with Crippen molar-refractivity contribution in [3.8, 4) is 11.8 Å². The van der Waals surface area contributed by atoms with Crippen LogP contribution in [0.5, 0.6) is 0 Å². The fourth-order valence-corrected chi connectivity index (χ4v) is 0.852. The molecule has 1 aliphatic heterocycles. The van der Waals surface area contributed by atoms with Gasteiger partial charge in [0, 0.05) is 6.61 Å². The maximum Gasteiger partial charge on any atom is 0.118 e. The summed E-state index contributed by atoms with van der Waals surface area (Å²) in [5, 5.41) is 0. The molecule has 0 bridgehead atoms. The molecule has 44 valence electrons. The molecule has 1 saturated heterocycles. The molecule has 0 radical (unpaired) electrons. The third-order valence-corrected chi connectivity index (χ3v) is 1.24. The Kier molecular flexibility index (Phi) is 1.93. The number of ether oxygens (including phenoxy) is 1. The van der Waals surface area contributed by atoms with Crippen molar-refractivity contribution in [1.82, 2.24) is 0 Å². The second kappa shape index (κ2) is 2.74. The van der Waals surface area contributed by atoms with E-state index in [1.165, 1.54) is 6.42 Å². The Morgan fingerprint density at radius 2 is 2.50 bits per heavy atom. The monoisotopic (exact) mass is 110 g/mol. The van der Waals surface area contributed by atoms with Crippen LogP contribution >= 0.6 is 0 Å². The highest BCUT2D eigenvalue weighted by molar-refractivity contribution is 5.03. The van der Waals surface area contributed by atoms with Crippen molar-refractivity contribution in [3.63, 3.8) is 0 Å². The van der Waals surface area contributed by atoms with Crippen LogP contribution in [0.3, 0.4) is 0 Å². The second-order valence-corrected chi connectivity index (χ2v) is 1.90. The molecule has 1 heterocycles. The third-order valence-electron chi connectivity index (χ3n) is 1.24. The molecule has 1 heteroatoms. The predicted molar refractivity (Wildman–Crippen MR) is 32.4 cm³/mol. The summed E-state index contributed by atoms with van der Waals surface area (Å²) < 4.78 is 5.22. The van der Waals surface area contributed by atoms with Crippen LogP contribution in [0.4, 0.5) is 0 Å². The summed E-state index contributed by atoms with van der Waals surface area (Å²) in [6.07, 6.45) is 2.56. The van der Waals surface area contributed by atoms with Crippen LogP contribution in [0.1, 0.15) is 19.8 Å². The van der Waals surface area contributed by atoms with E-state index in [2.05, 4.69) is 11.8 Å². The molecule has 0 amide bonds. The standard InChI is InChI=1S/C7H10O/c1-2-4-7-5-3-6-8-7/h7H,3,5-6H2,1H3. The molecule has 1 aliphatic rings. The smallest absolute Gasteiger partial charge is 0.118 e. The van der Waals surface area contributed by atoms with Crippen LogP contribution in [0.2, 0.25) is 0 Å². The van der Waals surface area contributed by atoms with Gasteiger partial charge in [0.2, 0.25) is 0 Å². The number of hydrogen-bond donors (Lipinski definition) is 0. The van der Waals surface area contributed by atoms with Gasteiger partial charge in [-0.1, -0.05) is 5.92 Å². The molecule has 0 aliphatic carbocycles. The van der Waals surface area contributed by atoms with Crippen molar-refractivity contribution in [2.75, 3.05) is 6.61 Å². The first-order valence-electron chi connectivity index (χ1n) is 2.97. The molecule has 1 atom stereocenters. The van der Waals surface area contributed by atoms with E-state index in [1.54, 1.807) is 0 Å². The first kappa shape index (κ1) is 5.65. The minimum atomic E-state index is 0.250. The maximum absolute atomic E-state index is 5.22. The Balaban J connectivity index is 2.32. The largest absolute Gasteiger partial charge is 0.366 e. The van der Waals surface area contributed by atoms with Crippen molar-refractivity contribution in [2.45, 2.75) is 25.9 Å². The first-order valence-corrected chi connectivity index (χ1v) is 2.97. The summed E-state index contributed by atoms with van der Waals surface area (Å²) in [7, 11) is 0. The fourth-order valence-electron chi connectivity index (χ4n) is 0.852. The van der Waals surface area contributed by atoms with Crippen molar-refractivity contribution in [2.24, 2.45) is 0 Å². The summed E-state index contributed by atoms with van der Waals surface area (Å²) in [5.74, 6) is 5.81. The van der Waals surface area contributed by atoms with Crippen molar-refractivity contribution in [3.05, 3.63) is 0 Å². The molecular formula is C7H10O. The van der Waals surface area contributed by atoms with Crippen LogP contribution in [-0.4, -0.2) is 12.7 Å². The molecule has 0 spiro atoms. The Hall–Kier alpha value is -0.480. The normalized spacial score (nSPS) is 26.9. The van der Waals surface area contributed by atoms with Gasteiger partial charge in [-0.3, -0.25) is 0 Å². The van der Waals surface area contributed by atoms with Gasteiger partial charge < -0.3 is 4.74 Å². The second-order valence-electron chi connectivity index (χ2n) is 1.90. The Labute approximate surface area is 50.0 Å². The lowest BCUT2D eigenvalue weighted by Crippen LogP contribution is -1.98. The SMILES string of the molecule is CC#CC1CCCO1. The van der Waals surface area contributed by atoms with Crippen LogP contribution < -0.4 is 0 Å². The van der Waals surface area contributed by atoms with Crippen LogP contribution in [0.15, 0.2) is 0 Å². The topological polar surface area (TPSA) is 9.23 Å². The van der Waals surface area contributed by atoms with E-state index in [0.717, 1.165) is 13.0 Å². The zero-order valence-corrected chi connectivity index (χ0v) is 5.11. The number of rotatable bonds is 0. The zero-order chi connectivity index (χ0) is 5.82. The van der Waals surface area contributed by atoms with E-state index in [0.29, 0.717) is 0 Å². The average Bonchev–Trinajstić information content (AvgIpc) is 2.19. The summed E-state index contributed by atoms with van der Waals surface area (Å²) in [6, 6.07) is 0. The molecular weight excluding hydrogens is 100 g/mol. The first-order chi connectivity index (χ1) is 3.93. The fraction of sp³-hybridized carbons (Fsp3) is 0.714. The van der Waals surface area contributed by atoms with Gasteiger partial charge in [-0.25, -0.2) is 0 Å². The molecule has 0 N–H and O–H groups in total. The molecule has 0 aromatic rings. The molecule has 1 rings (SSSR count). The average molecular weight is 110 g/mol. The van der Waals surface area contributed by atoms with E-state index in [4.69, 9.17) is 4.74 Å². The molecule has 0 aromatic carbocycles. The zero-order valence-electron chi connectivity index (χ0n) is 5.11. The number of hydrogen-bond acceptors (Lipinski definition) is 1. The summed E-state index contributed by atoms with van der Waals surface area (Å²) in [5.41, 5.74) is 0. The Bertz CT molecular complexity index is 112. The summed E-state index contributed by atoms with van der Waals surface area (Å²) in [6.45, 7) is 2.75. The third kappa shape index (κ3) is 1.24. The lowest BCUT2D eigenvalue weighted by molar-refractivity contribution is 0.152. The molecule has 1 unspecified atom stereocenters. The van der Waals surface area contributed by atoms with Crippen LogP contribution in [0.25, 0.3) is 0 Å². The van der Waals surface area contributed by atoms with Gasteiger partial charge in [-0.05, 0) is 19.8 Å². The molecule has 1 fully saturated rings. The highest BCUT2D eigenvalue weighted by atomic mass is 16.5. The van der Waals surface area contributed by atoms with Crippen LogP contribution in [-0.2, 0) is 4.74 Å². The van der Waals surface area contributed by atoms with Gasteiger partial charge in [-0.15, -0.1) is 5.92 Å². The van der Waals surface area contributed by atoms with E-state index in [9.17, 15) is 0 Å². The lowest BCUT2D eigenvalue weighted by atomic mass is 10.2. The molecule has 0 saturated carbocycles. The Morgan fingerprint density at radius 3 is 3.00 bits per heavy atom. The molecule has 1 nitrogen and oxygen atoms in total. The van der Waals surface area contributed by atoms with Gasteiger partial charge in [0.25, 0.3) is 0 Å². The van der Waals surface area contributed by atoms with Crippen LogP contribution in [0, 0.1) is 11.8 Å². The van der Waals surface area contributed by atoms with E-state index < -0.39 is 0 Å². The predicted octanol–water partition coefficient (Wildman–Crippen LogP) is 1.19. The minimum Gasteiger partial charge on any atom is -0.366 e. The van der Waals surface area contributed by atoms with Crippen molar-refractivity contribution >= 4 is 0 Å². The quantitative estimate of drug-likeness (QED) is 0.425. The maximum atomic E-state index is 5.22. The Morgan fingerprint density at radius 1 is 1.62 bits per heavy atom. The van der Waals surface area contributed by atoms with E-state index in [1.807, 2.05) is 6.92 Å². The molecule has 8 heavy (non-hydrogen) atoms. The highest BCUT2D eigenvalue weighted by Gasteiger charge is 2.10. The van der Waals surface area contributed by atoms with Gasteiger partial charge in [0.1, 0.15) is 6.10 Å². The van der Waals surface area contributed by atoms with Gasteiger partial charge in [-0.2, -0.15) is 0 Å². The van der Waals surface area contributed by atoms with Crippen molar-refractivity contribution in [1.29, 1.82) is 0 Å². The van der Waals surface area contributed by atoms with Crippen molar-refractivity contribution < 1.29 is 4.74 Å². The van der Waals surface area contributed by atoms with E-state index in [-0.39, 0.29) is 6.10 Å². The molecule has 0 aromatic heterocycles. The summed E-state index contributed by atoms with van der Waals surface area (Å²) in [4.78, 5) is 0. The van der Waals surface area contributed by atoms with Gasteiger partial charge in [0.15, 0.2) is 0 Å². The minimum absolute atomic E-state index is 0.250. The summed E-state index contributed by atoms with van der Waals surface area (Å²) >= 11 is 0. The highest BCUT2D eigenvalue weighted by Crippen LogP contribution is 2.09. The van der Waals surface area contributed by atoms with E-state index >= 15 is 0 Å². The van der Waals surface area contributed by atoms with Gasteiger partial charge in [0.05, 0.1) is 0 Å². The lowest BCUT2D eigenvalue weighted by Gasteiger charge is -1.95.